The van der Waals surface area contributed by atoms with Crippen molar-refractivity contribution in [2.24, 2.45) is 46.3 Å². The molecule has 0 amide bonds. The molecule has 6 aliphatic rings. The molecule has 10 heteroatoms. The van der Waals surface area contributed by atoms with Crippen LogP contribution in [0.4, 0.5) is 0 Å². The van der Waals surface area contributed by atoms with Gasteiger partial charge in [-0.3, -0.25) is 10.1 Å². The summed E-state index contributed by atoms with van der Waals surface area (Å²) >= 11 is 0. The van der Waals surface area contributed by atoms with Crippen LogP contribution in [0.3, 0.4) is 0 Å². The predicted molar refractivity (Wildman–Crippen MR) is 261 cm³/mol. The lowest BCUT2D eigenvalue weighted by Gasteiger charge is -2.66. The van der Waals surface area contributed by atoms with Crippen LogP contribution in [0.1, 0.15) is 103 Å². The van der Waals surface area contributed by atoms with Gasteiger partial charge in [-0.25, -0.2) is 0 Å². The van der Waals surface area contributed by atoms with Crippen molar-refractivity contribution >= 4 is 6.29 Å². The number of aliphatic hydroxyl groups is 5. The Hall–Kier alpha value is -3.29. The van der Waals surface area contributed by atoms with Gasteiger partial charge in [-0.15, -0.1) is 0 Å². The zero-order valence-electron chi connectivity index (χ0n) is 40.6. The highest BCUT2D eigenvalue weighted by molar-refractivity contribution is 5.77. The van der Waals surface area contributed by atoms with Crippen molar-refractivity contribution in [3.05, 3.63) is 118 Å². The van der Waals surface area contributed by atoms with Crippen LogP contribution in [0.2, 0.25) is 0 Å². The Morgan fingerprint density at radius 1 is 1.12 bits per heavy atom. The van der Waals surface area contributed by atoms with Gasteiger partial charge in [0.25, 0.3) is 0 Å². The fourth-order valence-electron chi connectivity index (χ4n) is 13.4. The van der Waals surface area contributed by atoms with Gasteiger partial charge in [0, 0.05) is 48.5 Å². The van der Waals surface area contributed by atoms with Crippen LogP contribution in [-0.2, 0) is 27.1 Å². The molecule has 1 aromatic carbocycles. The number of hydrogen-bond acceptors (Lipinski definition) is 10. The maximum atomic E-state index is 13.4. The molecule has 2 fully saturated rings. The molecule has 66 heavy (non-hydrogen) atoms. The minimum atomic E-state index is -1.29. The number of methoxy groups -OCH3 is 1. The van der Waals surface area contributed by atoms with E-state index >= 15 is 0 Å². The first kappa shape index (κ1) is 50.6. The number of hydrogen-bond donors (Lipinski definition) is 7. The summed E-state index contributed by atoms with van der Waals surface area (Å²) in [6, 6.07) is 8.69. The summed E-state index contributed by atoms with van der Waals surface area (Å²) in [5.41, 5.74) is 3.68. The van der Waals surface area contributed by atoms with E-state index < -0.39 is 47.1 Å². The molecule has 1 spiro atoms. The minimum Gasteiger partial charge on any atom is -0.396 e. The Morgan fingerprint density at radius 3 is 2.62 bits per heavy atom. The van der Waals surface area contributed by atoms with E-state index in [4.69, 9.17) is 9.47 Å². The van der Waals surface area contributed by atoms with Crippen LogP contribution < -0.4 is 10.6 Å². The summed E-state index contributed by atoms with van der Waals surface area (Å²) in [6.07, 6.45) is 21.8. The number of carbonyl (C=O) groups excluding carboxylic acids is 1. The Balaban J connectivity index is 1.27. The molecule has 0 unspecified atom stereocenters. The Bertz CT molecular complexity index is 2090. The van der Waals surface area contributed by atoms with Gasteiger partial charge in [0.05, 0.1) is 11.7 Å². The second kappa shape index (κ2) is 21.1. The van der Waals surface area contributed by atoms with E-state index in [0.29, 0.717) is 58.1 Å². The molecule has 2 saturated carbocycles. The molecule has 4 aliphatic carbocycles. The molecule has 362 valence electrons. The fourth-order valence-corrected chi connectivity index (χ4v) is 13.4. The van der Waals surface area contributed by atoms with Crippen molar-refractivity contribution in [3.63, 3.8) is 0 Å². The van der Waals surface area contributed by atoms with Crippen LogP contribution in [0.15, 0.2) is 107 Å². The van der Waals surface area contributed by atoms with Gasteiger partial charge in [0.1, 0.15) is 18.6 Å². The molecule has 13 atom stereocenters. The number of allylic oxidation sites excluding steroid dienone is 9. The van der Waals surface area contributed by atoms with Crippen LogP contribution in [0, 0.1) is 46.3 Å². The zero-order valence-corrected chi connectivity index (χ0v) is 40.6. The van der Waals surface area contributed by atoms with Crippen molar-refractivity contribution in [3.8, 4) is 0 Å². The lowest BCUT2D eigenvalue weighted by atomic mass is 9.40. The monoisotopic (exact) mass is 909 g/mol. The second-order valence-electron chi connectivity index (χ2n) is 21.5. The van der Waals surface area contributed by atoms with Crippen LogP contribution in [-0.4, -0.2) is 102 Å². The van der Waals surface area contributed by atoms with E-state index in [9.17, 15) is 30.3 Å². The normalized spacial score (nSPS) is 39.1. The largest absolute Gasteiger partial charge is 0.396 e. The summed E-state index contributed by atoms with van der Waals surface area (Å²) < 4.78 is 11.9. The van der Waals surface area contributed by atoms with E-state index in [1.807, 2.05) is 44.4 Å². The topological polar surface area (TPSA) is 161 Å². The third-order valence-corrected chi connectivity index (χ3v) is 16.9. The van der Waals surface area contributed by atoms with Crippen molar-refractivity contribution < 1.29 is 39.8 Å². The molecular weight excluding hydrogens is 829 g/mol. The Morgan fingerprint density at radius 2 is 1.91 bits per heavy atom. The summed E-state index contributed by atoms with van der Waals surface area (Å²) in [5.74, 6) is -0.970. The number of aldehydes is 1. The smallest absolute Gasteiger partial charge is 0.162 e. The number of benzene rings is 1. The van der Waals surface area contributed by atoms with E-state index in [1.54, 1.807) is 7.11 Å². The molecule has 2 aliphatic heterocycles. The highest BCUT2D eigenvalue weighted by atomic mass is 16.6. The SMILES string of the molecule is C=C(/C=C/C=C(/[C@H]1C=C[C@@H](C(C)C)[C@@H](O)O1)[C@@H]1CC[C@]2([C@@H]1O)[C@H]1C3=C(C=O)CCC[C@@]3(C=C[C@H]1CCO)C[C@]2(O)CCNC)[C@H]1C/C=C(\C)[C@@H](O)N[C@@](C)(CCOC)Cc2cccc(c2)C1. The highest BCUT2D eigenvalue weighted by Gasteiger charge is 2.71. The third kappa shape index (κ3) is 9.92. The molecule has 0 saturated heterocycles. The molecule has 7 N–H and O–H groups in total. The predicted octanol–water partition coefficient (Wildman–Crippen LogP) is 7.38. The maximum Gasteiger partial charge on any atom is 0.162 e. The number of rotatable bonds is 15. The molecule has 0 aromatic heterocycles. The lowest BCUT2D eigenvalue weighted by molar-refractivity contribution is -0.208. The minimum absolute atomic E-state index is 0.0258. The van der Waals surface area contributed by atoms with Crippen molar-refractivity contribution in [2.75, 3.05) is 33.9 Å². The molecule has 10 nitrogen and oxygen atoms in total. The van der Waals surface area contributed by atoms with Crippen molar-refractivity contribution in [1.29, 1.82) is 0 Å². The van der Waals surface area contributed by atoms with Crippen LogP contribution >= 0.6 is 0 Å². The van der Waals surface area contributed by atoms with Gasteiger partial charge >= 0.3 is 0 Å². The fraction of sp³-hybridized carbons (Fsp3) is 0.625. The lowest BCUT2D eigenvalue weighted by Crippen LogP contribution is -2.67. The summed E-state index contributed by atoms with van der Waals surface area (Å²) in [6.45, 7) is 13.9. The highest BCUT2D eigenvalue weighted by Crippen LogP contribution is 2.72. The van der Waals surface area contributed by atoms with Gasteiger partial charge in [0.2, 0.25) is 0 Å². The van der Waals surface area contributed by atoms with Gasteiger partial charge in [-0.05, 0) is 162 Å². The van der Waals surface area contributed by atoms with Crippen LogP contribution in [0.5, 0.6) is 0 Å². The van der Waals surface area contributed by atoms with E-state index in [1.165, 1.54) is 11.1 Å². The molecule has 7 rings (SSSR count). The van der Waals surface area contributed by atoms with Crippen molar-refractivity contribution in [2.45, 2.75) is 141 Å². The van der Waals surface area contributed by atoms with E-state index in [2.05, 4.69) is 80.5 Å². The van der Waals surface area contributed by atoms with Gasteiger partial charge < -0.3 is 40.3 Å². The summed E-state index contributed by atoms with van der Waals surface area (Å²) in [4.78, 5) is 13.0. The average molecular weight is 909 g/mol. The summed E-state index contributed by atoms with van der Waals surface area (Å²) in [5, 5.41) is 66.9. The molecule has 1 aromatic rings. The summed E-state index contributed by atoms with van der Waals surface area (Å²) in [7, 11) is 3.59. The number of aliphatic hydroxyl groups excluding tert-OH is 4. The van der Waals surface area contributed by atoms with Gasteiger partial charge in [0.15, 0.2) is 6.29 Å². The average Bonchev–Trinajstić information content (AvgIpc) is 3.63. The first-order valence-electron chi connectivity index (χ1n) is 24.9. The van der Waals surface area contributed by atoms with Gasteiger partial charge in [-0.2, -0.15) is 0 Å². The van der Waals surface area contributed by atoms with Crippen LogP contribution in [0.25, 0.3) is 0 Å². The van der Waals surface area contributed by atoms with E-state index in [-0.39, 0.29) is 41.7 Å². The number of nitrogens with one attached hydrogen (secondary N) is 2. The number of fused-ring (bicyclic) bond motifs is 3. The first-order chi connectivity index (χ1) is 31.6. The first-order valence-corrected chi connectivity index (χ1v) is 24.9. The molecule has 2 heterocycles. The van der Waals surface area contributed by atoms with Gasteiger partial charge in [-0.1, -0.05) is 98.9 Å². The Labute approximate surface area is 394 Å². The quantitative estimate of drug-likeness (QED) is 0.0538. The second-order valence-corrected chi connectivity index (χ2v) is 21.5. The number of ether oxygens (including phenoxy) is 2. The van der Waals surface area contributed by atoms with E-state index in [0.717, 1.165) is 66.3 Å². The van der Waals surface area contributed by atoms with Crippen molar-refractivity contribution in [1.82, 2.24) is 10.6 Å². The zero-order chi connectivity index (χ0) is 47.4. The standard InChI is InChI=1S/C56H80N2O8/c1-36(2)44-18-19-47(66-52(44)63)45(15-8-11-37(3)42-17-16-38(4)51(62)58-53(5,27-30-65-7)33-40-13-9-12-39(31-40)32-42)46-21-25-56(50(46)61)49-41(22-29-59)20-24-54(35-55(56,64)26-28-57-6)23-10-14-43(34-60)48(49)54/h8-9,11-13,15-16,18-20,24,31,34,36,41-42,44,46-47,49-52,57-59,61-64H,3,10,14,17,21-23,25-30,32-33,35H2,1-2,4-7H3/b11-8+,38-16+,45-15+/t41-,42-,44-,46-,47+,49+,50+,51+,52-,53-,54+,55+,56+/m0/s1. The third-order valence-electron chi connectivity index (χ3n) is 16.9. The maximum absolute atomic E-state index is 13.4. The molecule has 0 radical (unpaired) electrons. The number of carbonyl (C=O) groups is 1. The Kier molecular flexibility index (Phi) is 16.2. The molecular formula is C56H80N2O8. The molecule has 4 bridgehead atoms.